The molecular weight excluding hydrogens is 528 g/mol. The van der Waals surface area contributed by atoms with Crippen molar-refractivity contribution in [1.82, 2.24) is 10.2 Å². The maximum Gasteiger partial charge on any atom is 0.229 e. The zero-order valence-corrected chi connectivity index (χ0v) is 24.1. The van der Waals surface area contributed by atoms with E-state index >= 15 is 0 Å². The minimum atomic E-state index is -0.527. The summed E-state index contributed by atoms with van der Waals surface area (Å²) in [5.41, 5.74) is 0.625. The van der Waals surface area contributed by atoms with Gasteiger partial charge in [0.1, 0.15) is 5.82 Å². The molecule has 4 rings (SSSR count). The molecule has 2 fully saturated rings. The number of anilines is 1. The number of benzene rings is 2. The molecule has 2 aliphatic rings. The second-order valence-corrected chi connectivity index (χ2v) is 12.8. The smallest absolute Gasteiger partial charge is 0.229 e. The van der Waals surface area contributed by atoms with Crippen LogP contribution in [-0.4, -0.2) is 53.6 Å². The Labute approximate surface area is 234 Å². The predicted octanol–water partition coefficient (Wildman–Crippen LogP) is 5.87. The maximum absolute atomic E-state index is 14.9. The molecule has 0 radical (unpaired) electrons. The Morgan fingerprint density at radius 3 is 2.45 bits per heavy atom. The lowest BCUT2D eigenvalue weighted by Crippen LogP contribution is -2.51. The Balaban J connectivity index is 0.000000375. The van der Waals surface area contributed by atoms with E-state index in [0.29, 0.717) is 42.1 Å². The Morgan fingerprint density at radius 2 is 1.87 bits per heavy atom. The van der Waals surface area contributed by atoms with E-state index in [9.17, 15) is 14.0 Å². The van der Waals surface area contributed by atoms with Crippen molar-refractivity contribution >= 4 is 41.2 Å². The fourth-order valence-corrected chi connectivity index (χ4v) is 5.85. The van der Waals surface area contributed by atoms with Crippen LogP contribution in [0, 0.1) is 17.2 Å². The number of halogens is 3. The highest BCUT2D eigenvalue weighted by atomic mass is 35.5. The number of nitrogens with one attached hydrogen (secondary N) is 2. The molecule has 1 saturated heterocycles. The summed E-state index contributed by atoms with van der Waals surface area (Å²) in [4.78, 5) is 25.4. The van der Waals surface area contributed by atoms with Gasteiger partial charge in [-0.25, -0.2) is 4.39 Å². The molecule has 6 nitrogen and oxygen atoms in total. The molecular formula is C29H38Cl2FN3O3. The first-order valence-electron chi connectivity index (χ1n) is 12.8. The van der Waals surface area contributed by atoms with Crippen molar-refractivity contribution in [2.45, 2.75) is 70.6 Å². The van der Waals surface area contributed by atoms with Crippen LogP contribution in [0.2, 0.25) is 10.0 Å². The van der Waals surface area contributed by atoms with Gasteiger partial charge in [-0.05, 0) is 68.5 Å². The van der Waals surface area contributed by atoms with Crippen LogP contribution >= 0.6 is 23.2 Å². The number of amides is 2. The highest BCUT2D eigenvalue weighted by Gasteiger charge is 2.47. The third-order valence-corrected chi connectivity index (χ3v) is 7.70. The van der Waals surface area contributed by atoms with Crippen molar-refractivity contribution in [3.05, 3.63) is 63.9 Å². The molecule has 3 atom stereocenters. The first-order valence-corrected chi connectivity index (χ1v) is 13.6. The van der Waals surface area contributed by atoms with Crippen molar-refractivity contribution in [1.29, 1.82) is 0 Å². The fourth-order valence-electron chi connectivity index (χ4n) is 5.48. The number of rotatable bonds is 6. The molecule has 2 aromatic carbocycles. The molecule has 2 aromatic rings. The van der Waals surface area contributed by atoms with Crippen LogP contribution in [-0.2, 0) is 9.59 Å². The first kappa shape index (κ1) is 30.4. The van der Waals surface area contributed by atoms with E-state index in [4.69, 9.17) is 28.3 Å². The standard InChI is InChI=1S/C23H27Cl2FN2O.C6H11NO2/c1-23(2,3)12-19-20(22(29)27-15-8-5-7-14(24)11-15)17(13-28(19)4)16-9-6-10-18(25)21(16)26;1-6(9)2-5(3-6)7-4-8/h5-11,17,19-20H,12-13H2,1-4H3,(H,27,29);4-5,9H,2-3H2,1H3,(H,7,8). The summed E-state index contributed by atoms with van der Waals surface area (Å²) in [5.74, 6) is -1.27. The first-order chi connectivity index (χ1) is 17.7. The van der Waals surface area contributed by atoms with Crippen LogP contribution in [0.15, 0.2) is 42.5 Å². The van der Waals surface area contributed by atoms with Crippen molar-refractivity contribution in [3.8, 4) is 0 Å². The average Bonchev–Trinajstić information content (AvgIpc) is 3.09. The summed E-state index contributed by atoms with van der Waals surface area (Å²) in [7, 11) is 2.00. The Bertz CT molecular complexity index is 1130. The lowest BCUT2D eigenvalue weighted by molar-refractivity contribution is -0.121. The van der Waals surface area contributed by atoms with E-state index < -0.39 is 17.3 Å². The highest BCUT2D eigenvalue weighted by molar-refractivity contribution is 6.31. The number of hydrogen-bond acceptors (Lipinski definition) is 4. The van der Waals surface area contributed by atoms with Crippen LogP contribution in [0.3, 0.4) is 0 Å². The van der Waals surface area contributed by atoms with Gasteiger partial charge in [0.2, 0.25) is 12.3 Å². The number of likely N-dealkylation sites (tertiary alicyclic amines) is 1. The summed E-state index contributed by atoms with van der Waals surface area (Å²) in [6, 6.07) is 12.3. The molecule has 3 N–H and O–H groups in total. The fraction of sp³-hybridized carbons (Fsp3) is 0.517. The summed E-state index contributed by atoms with van der Waals surface area (Å²) in [5, 5.41) is 15.4. The Kier molecular flexibility index (Phi) is 9.85. The zero-order chi connectivity index (χ0) is 28.3. The molecule has 9 heteroatoms. The molecule has 1 saturated carbocycles. The lowest BCUT2D eigenvalue weighted by Gasteiger charge is -2.40. The van der Waals surface area contributed by atoms with Gasteiger partial charge in [-0.1, -0.05) is 62.2 Å². The van der Waals surface area contributed by atoms with Crippen molar-refractivity contribution in [3.63, 3.8) is 0 Å². The normalized spacial score (nSPS) is 27.1. The second kappa shape index (κ2) is 12.3. The van der Waals surface area contributed by atoms with Gasteiger partial charge in [0, 0.05) is 35.3 Å². The van der Waals surface area contributed by atoms with Gasteiger partial charge in [-0.3, -0.25) is 9.59 Å². The molecule has 0 spiro atoms. The van der Waals surface area contributed by atoms with Gasteiger partial charge < -0.3 is 20.6 Å². The van der Waals surface area contributed by atoms with Gasteiger partial charge in [-0.15, -0.1) is 0 Å². The number of aliphatic hydroxyl groups is 1. The minimum Gasteiger partial charge on any atom is -0.390 e. The number of carbonyl (C=O) groups excluding carboxylic acids is 2. The highest BCUT2D eigenvalue weighted by Crippen LogP contribution is 2.43. The summed E-state index contributed by atoms with van der Waals surface area (Å²) >= 11 is 12.1. The van der Waals surface area contributed by atoms with E-state index in [1.165, 1.54) is 6.07 Å². The molecule has 1 heterocycles. The monoisotopic (exact) mass is 565 g/mol. The molecule has 1 aliphatic carbocycles. The van der Waals surface area contributed by atoms with Crippen LogP contribution in [0.5, 0.6) is 0 Å². The molecule has 1 aliphatic heterocycles. The summed E-state index contributed by atoms with van der Waals surface area (Å²) in [6.45, 7) is 8.82. The topological polar surface area (TPSA) is 81.7 Å². The van der Waals surface area contributed by atoms with Crippen LogP contribution < -0.4 is 10.6 Å². The number of nitrogens with zero attached hydrogens (tertiary/aromatic N) is 1. The van der Waals surface area contributed by atoms with Crippen molar-refractivity contribution in [2.75, 3.05) is 18.9 Å². The van der Waals surface area contributed by atoms with Gasteiger partial charge in [0.15, 0.2) is 0 Å². The Morgan fingerprint density at radius 1 is 1.21 bits per heavy atom. The van der Waals surface area contributed by atoms with Gasteiger partial charge in [-0.2, -0.15) is 0 Å². The third-order valence-electron chi connectivity index (χ3n) is 7.17. The van der Waals surface area contributed by atoms with Gasteiger partial charge in [0.05, 0.1) is 16.5 Å². The molecule has 0 aromatic heterocycles. The second-order valence-electron chi connectivity index (χ2n) is 11.9. The third kappa shape index (κ3) is 7.92. The van der Waals surface area contributed by atoms with E-state index in [1.54, 1.807) is 43.3 Å². The van der Waals surface area contributed by atoms with Crippen molar-refractivity contribution in [2.24, 2.45) is 11.3 Å². The van der Waals surface area contributed by atoms with Crippen LogP contribution in [0.25, 0.3) is 0 Å². The quantitative estimate of drug-likeness (QED) is 0.383. The van der Waals surface area contributed by atoms with Gasteiger partial charge >= 0.3 is 0 Å². The average molecular weight is 567 g/mol. The SMILES string of the molecule is CC1(O)CC(NC=O)C1.CN1CC(c2cccc(Cl)c2F)C(C(=O)Nc2cccc(Cl)c2)C1CC(C)(C)C. The van der Waals surface area contributed by atoms with E-state index in [2.05, 4.69) is 36.3 Å². The minimum absolute atomic E-state index is 0.0161. The van der Waals surface area contributed by atoms with E-state index in [1.807, 2.05) is 7.05 Å². The zero-order valence-electron chi connectivity index (χ0n) is 22.6. The maximum atomic E-state index is 14.9. The number of likely N-dealkylation sites (N-methyl/N-ethyl adjacent to an activating group) is 1. The molecule has 208 valence electrons. The number of hydrogen-bond donors (Lipinski definition) is 3. The van der Waals surface area contributed by atoms with E-state index in [-0.39, 0.29) is 34.3 Å². The summed E-state index contributed by atoms with van der Waals surface area (Å²) < 4.78 is 14.9. The summed E-state index contributed by atoms with van der Waals surface area (Å²) in [6.07, 6.45) is 2.87. The molecule has 0 bridgehead atoms. The largest absolute Gasteiger partial charge is 0.390 e. The van der Waals surface area contributed by atoms with Gasteiger partial charge in [0.25, 0.3) is 0 Å². The Hall–Kier alpha value is -2.19. The van der Waals surface area contributed by atoms with Crippen LogP contribution in [0.4, 0.5) is 10.1 Å². The molecule has 2 amide bonds. The lowest BCUT2D eigenvalue weighted by atomic mass is 9.77. The molecule has 38 heavy (non-hydrogen) atoms. The predicted molar refractivity (Wildman–Crippen MR) is 151 cm³/mol. The number of carbonyl (C=O) groups is 2. The molecule has 3 unspecified atom stereocenters. The van der Waals surface area contributed by atoms with E-state index in [0.717, 1.165) is 6.42 Å². The van der Waals surface area contributed by atoms with Crippen LogP contribution in [0.1, 0.15) is 58.4 Å². The van der Waals surface area contributed by atoms with Crippen molar-refractivity contribution < 1.29 is 19.1 Å².